The zero-order chi connectivity index (χ0) is 8.86. The van der Waals surface area contributed by atoms with Gasteiger partial charge in [0, 0.05) is 0 Å². The van der Waals surface area contributed by atoms with Crippen LogP contribution in [0.4, 0.5) is 0 Å². The molecule has 1 saturated heterocycles. The molecule has 0 unspecified atom stereocenters. The van der Waals surface area contributed by atoms with Crippen LogP contribution in [0.2, 0.25) is 0 Å². The van der Waals surface area contributed by atoms with E-state index in [2.05, 4.69) is 26.0 Å². The topological polar surface area (TPSA) is 12.5 Å². The van der Waals surface area contributed by atoms with E-state index in [9.17, 15) is 0 Å². The highest BCUT2D eigenvalue weighted by atomic mass is 16.6. The van der Waals surface area contributed by atoms with Crippen LogP contribution in [0.3, 0.4) is 0 Å². The van der Waals surface area contributed by atoms with Crippen molar-refractivity contribution in [2.75, 3.05) is 6.61 Å². The summed E-state index contributed by atoms with van der Waals surface area (Å²) in [4.78, 5) is 0. The maximum absolute atomic E-state index is 5.27. The molecule has 1 rings (SSSR count). The molecule has 0 N–H and O–H groups in total. The Morgan fingerprint density at radius 2 is 2.08 bits per heavy atom. The summed E-state index contributed by atoms with van der Waals surface area (Å²) >= 11 is 0. The van der Waals surface area contributed by atoms with Crippen molar-refractivity contribution >= 4 is 0 Å². The minimum absolute atomic E-state index is 0.210. The Balaban J connectivity index is 1.91. The molecule has 1 fully saturated rings. The van der Waals surface area contributed by atoms with E-state index in [1.54, 1.807) is 0 Å². The predicted octanol–water partition coefficient (Wildman–Crippen LogP) is 3.30. The molecule has 1 heterocycles. The number of hydrogen-bond donors (Lipinski definition) is 0. The van der Waals surface area contributed by atoms with Gasteiger partial charge < -0.3 is 4.74 Å². The highest BCUT2D eigenvalue weighted by molar-refractivity contribution is 4.96. The minimum atomic E-state index is 0.210. The monoisotopic (exact) mass is 168 g/mol. The summed E-state index contributed by atoms with van der Waals surface area (Å²) in [6.45, 7) is 5.36. The third-order valence-corrected chi connectivity index (χ3v) is 2.33. The SMILES string of the molecule is CCCCCC=CC[C@@]1(C)CO1. The molecule has 0 bridgehead atoms. The van der Waals surface area contributed by atoms with Crippen molar-refractivity contribution in [1.82, 2.24) is 0 Å². The molecule has 1 heteroatoms. The first-order chi connectivity index (χ1) is 5.77. The van der Waals surface area contributed by atoms with Crippen LogP contribution in [-0.2, 0) is 4.74 Å². The Labute approximate surface area is 75.8 Å². The molecule has 1 atom stereocenters. The van der Waals surface area contributed by atoms with Crippen LogP contribution in [-0.4, -0.2) is 12.2 Å². The minimum Gasteiger partial charge on any atom is -0.370 e. The van der Waals surface area contributed by atoms with Crippen LogP contribution < -0.4 is 0 Å². The lowest BCUT2D eigenvalue weighted by atomic mass is 10.1. The molecule has 1 aliphatic rings. The number of ether oxygens (including phenoxy) is 1. The molecule has 1 nitrogen and oxygen atoms in total. The van der Waals surface area contributed by atoms with Crippen molar-refractivity contribution in [3.05, 3.63) is 12.2 Å². The van der Waals surface area contributed by atoms with E-state index in [1.165, 1.54) is 25.7 Å². The molecule has 0 aromatic rings. The Morgan fingerprint density at radius 1 is 1.33 bits per heavy atom. The van der Waals surface area contributed by atoms with Crippen molar-refractivity contribution in [1.29, 1.82) is 0 Å². The smallest absolute Gasteiger partial charge is 0.0922 e. The van der Waals surface area contributed by atoms with Crippen LogP contribution in [0.25, 0.3) is 0 Å². The first kappa shape index (κ1) is 9.79. The molecule has 0 aromatic heterocycles. The summed E-state index contributed by atoms with van der Waals surface area (Å²) < 4.78 is 5.27. The van der Waals surface area contributed by atoms with E-state index in [4.69, 9.17) is 4.74 Å². The van der Waals surface area contributed by atoms with Gasteiger partial charge in [-0.25, -0.2) is 0 Å². The highest BCUT2D eigenvalue weighted by Gasteiger charge is 2.37. The number of allylic oxidation sites excluding steroid dienone is 1. The van der Waals surface area contributed by atoms with Gasteiger partial charge in [-0.05, 0) is 26.2 Å². The standard InChI is InChI=1S/C11H20O/c1-3-4-5-6-7-8-9-11(2)10-12-11/h7-8H,3-6,9-10H2,1-2H3/t11-/m0/s1. The van der Waals surface area contributed by atoms with Crippen LogP contribution in [0.1, 0.15) is 46.0 Å². The van der Waals surface area contributed by atoms with E-state index >= 15 is 0 Å². The van der Waals surface area contributed by atoms with Crippen LogP contribution in [0.15, 0.2) is 12.2 Å². The van der Waals surface area contributed by atoms with Crippen molar-refractivity contribution in [2.45, 2.75) is 51.6 Å². The molecule has 0 amide bonds. The molecule has 12 heavy (non-hydrogen) atoms. The quantitative estimate of drug-likeness (QED) is 0.337. The Hall–Kier alpha value is -0.300. The molecule has 0 aromatic carbocycles. The lowest BCUT2D eigenvalue weighted by Crippen LogP contribution is -2.00. The second kappa shape index (κ2) is 4.66. The third-order valence-electron chi connectivity index (χ3n) is 2.33. The Morgan fingerprint density at radius 3 is 2.67 bits per heavy atom. The molecule has 0 aliphatic carbocycles. The van der Waals surface area contributed by atoms with Gasteiger partial charge in [0.05, 0.1) is 12.2 Å². The van der Waals surface area contributed by atoms with Crippen LogP contribution in [0, 0.1) is 0 Å². The van der Waals surface area contributed by atoms with E-state index in [-0.39, 0.29) is 5.60 Å². The Bertz CT molecular complexity index is 145. The van der Waals surface area contributed by atoms with Crippen LogP contribution >= 0.6 is 0 Å². The average Bonchev–Trinajstić information content (AvgIpc) is 2.77. The van der Waals surface area contributed by atoms with Crippen molar-refractivity contribution in [3.8, 4) is 0 Å². The fourth-order valence-electron chi connectivity index (χ4n) is 1.20. The zero-order valence-electron chi connectivity index (χ0n) is 8.31. The summed E-state index contributed by atoms with van der Waals surface area (Å²) in [6.07, 6.45) is 10.9. The molecule has 1 aliphatic heterocycles. The largest absolute Gasteiger partial charge is 0.370 e. The van der Waals surface area contributed by atoms with Crippen molar-refractivity contribution in [3.63, 3.8) is 0 Å². The fraction of sp³-hybridized carbons (Fsp3) is 0.818. The van der Waals surface area contributed by atoms with Gasteiger partial charge in [-0.15, -0.1) is 0 Å². The second-order valence-electron chi connectivity index (χ2n) is 3.91. The van der Waals surface area contributed by atoms with Gasteiger partial charge in [-0.2, -0.15) is 0 Å². The van der Waals surface area contributed by atoms with E-state index in [1.807, 2.05) is 0 Å². The van der Waals surface area contributed by atoms with Crippen molar-refractivity contribution < 1.29 is 4.74 Å². The number of unbranched alkanes of at least 4 members (excludes halogenated alkanes) is 3. The summed E-state index contributed by atoms with van der Waals surface area (Å²) in [7, 11) is 0. The van der Waals surface area contributed by atoms with Crippen LogP contribution in [0.5, 0.6) is 0 Å². The van der Waals surface area contributed by atoms with E-state index < -0.39 is 0 Å². The molecule has 70 valence electrons. The highest BCUT2D eigenvalue weighted by Crippen LogP contribution is 2.30. The van der Waals surface area contributed by atoms with Gasteiger partial charge >= 0.3 is 0 Å². The fourth-order valence-corrected chi connectivity index (χ4v) is 1.20. The van der Waals surface area contributed by atoms with Gasteiger partial charge in [0.15, 0.2) is 0 Å². The summed E-state index contributed by atoms with van der Waals surface area (Å²) in [6, 6.07) is 0. The molecular formula is C11H20O. The molecular weight excluding hydrogens is 148 g/mol. The first-order valence-corrected chi connectivity index (χ1v) is 5.06. The predicted molar refractivity (Wildman–Crippen MR) is 52.3 cm³/mol. The average molecular weight is 168 g/mol. The van der Waals surface area contributed by atoms with E-state index in [0.29, 0.717) is 0 Å². The van der Waals surface area contributed by atoms with Gasteiger partial charge in [-0.3, -0.25) is 0 Å². The first-order valence-electron chi connectivity index (χ1n) is 5.06. The van der Waals surface area contributed by atoms with Gasteiger partial charge in [-0.1, -0.05) is 31.9 Å². The summed E-state index contributed by atoms with van der Waals surface area (Å²) in [5, 5.41) is 0. The van der Waals surface area contributed by atoms with Gasteiger partial charge in [0.1, 0.15) is 0 Å². The normalized spacial score (nSPS) is 28.2. The molecule has 0 spiro atoms. The van der Waals surface area contributed by atoms with Gasteiger partial charge in [0.2, 0.25) is 0 Å². The number of hydrogen-bond acceptors (Lipinski definition) is 1. The number of rotatable bonds is 6. The maximum Gasteiger partial charge on any atom is 0.0922 e. The maximum atomic E-state index is 5.27. The molecule has 0 radical (unpaired) electrons. The summed E-state index contributed by atoms with van der Waals surface area (Å²) in [5.74, 6) is 0. The lowest BCUT2D eigenvalue weighted by Gasteiger charge is -1.97. The lowest BCUT2D eigenvalue weighted by molar-refractivity contribution is 0.325. The van der Waals surface area contributed by atoms with Crippen molar-refractivity contribution in [2.24, 2.45) is 0 Å². The Kier molecular flexibility index (Phi) is 3.80. The zero-order valence-corrected chi connectivity index (χ0v) is 8.31. The summed E-state index contributed by atoms with van der Waals surface area (Å²) in [5.41, 5.74) is 0.210. The second-order valence-corrected chi connectivity index (χ2v) is 3.91. The number of epoxide rings is 1. The van der Waals surface area contributed by atoms with E-state index in [0.717, 1.165) is 13.0 Å². The van der Waals surface area contributed by atoms with Gasteiger partial charge in [0.25, 0.3) is 0 Å². The third kappa shape index (κ3) is 3.91. The molecule has 0 saturated carbocycles.